The van der Waals surface area contributed by atoms with Crippen molar-refractivity contribution < 1.29 is 19.4 Å². The van der Waals surface area contributed by atoms with Crippen LogP contribution < -0.4 is 4.74 Å². The van der Waals surface area contributed by atoms with Gasteiger partial charge in [0.1, 0.15) is 12.4 Å². The van der Waals surface area contributed by atoms with E-state index in [2.05, 4.69) is 62.4 Å². The van der Waals surface area contributed by atoms with Gasteiger partial charge < -0.3 is 9.84 Å². The molecule has 0 aromatic heterocycles. The first-order valence-corrected chi connectivity index (χ1v) is 9.71. The average molecular weight is 380 g/mol. The van der Waals surface area contributed by atoms with Crippen LogP contribution in [0.2, 0.25) is 0 Å². The number of rotatable bonds is 6. The summed E-state index contributed by atoms with van der Waals surface area (Å²) in [4.78, 5) is 16.2. The Morgan fingerprint density at radius 3 is 2.39 bits per heavy atom. The topological polar surface area (TPSA) is 63.6 Å². The molecule has 1 aliphatic carbocycles. The molecule has 0 heterocycles. The number of hydrogen-bond acceptors (Lipinski definition) is 4. The van der Waals surface area contributed by atoms with Crippen LogP contribution in [-0.2, 0) is 16.0 Å². The monoisotopic (exact) mass is 380 g/mol. The van der Waals surface area contributed by atoms with Crippen molar-refractivity contribution in [3.63, 3.8) is 0 Å². The van der Waals surface area contributed by atoms with Gasteiger partial charge in [-0.1, -0.05) is 43.3 Å². The quantitative estimate of drug-likeness (QED) is 0.795. The molecule has 0 spiro atoms. The first-order chi connectivity index (χ1) is 13.6. The van der Waals surface area contributed by atoms with Crippen molar-refractivity contribution in [2.75, 3.05) is 13.2 Å². The highest BCUT2D eigenvalue weighted by Gasteiger charge is 2.22. The fraction of sp³-hybridized carbons (Fsp3) is 0.375. The number of aliphatic hydroxyl groups is 1. The van der Waals surface area contributed by atoms with Crippen LogP contribution in [0.4, 0.5) is 0 Å². The van der Waals surface area contributed by atoms with Crippen LogP contribution in [0, 0.1) is 12.8 Å². The fourth-order valence-corrected chi connectivity index (χ4v) is 3.63. The van der Waals surface area contributed by atoms with Gasteiger partial charge in [-0.15, -0.1) is 0 Å². The number of aliphatic hydroxyl groups excluding tert-OH is 1. The first kappa shape index (κ1) is 21.6. The maximum Gasteiger partial charge on any atom is 0.373 e. The predicted molar refractivity (Wildman–Crippen MR) is 109 cm³/mol. The van der Waals surface area contributed by atoms with Crippen molar-refractivity contribution in [1.82, 2.24) is 0 Å². The SMILES string of the molecule is CCc1ccc(OCC2=C(c3ccccc3C)CCC(CO)C2)cc1.O=C=O. The minimum Gasteiger partial charge on any atom is -0.489 e. The van der Waals surface area contributed by atoms with Crippen LogP contribution in [0.3, 0.4) is 0 Å². The summed E-state index contributed by atoms with van der Waals surface area (Å²) < 4.78 is 6.09. The van der Waals surface area contributed by atoms with E-state index in [4.69, 9.17) is 14.3 Å². The molecule has 0 bridgehead atoms. The zero-order valence-corrected chi connectivity index (χ0v) is 16.6. The van der Waals surface area contributed by atoms with Gasteiger partial charge in [0.05, 0.1) is 0 Å². The molecule has 0 radical (unpaired) electrons. The van der Waals surface area contributed by atoms with Crippen LogP contribution in [0.5, 0.6) is 5.75 Å². The summed E-state index contributed by atoms with van der Waals surface area (Å²) in [6.45, 7) is 5.19. The van der Waals surface area contributed by atoms with Gasteiger partial charge in [0.15, 0.2) is 0 Å². The second-order valence-corrected chi connectivity index (χ2v) is 7.06. The molecule has 1 aliphatic rings. The molecule has 4 nitrogen and oxygen atoms in total. The lowest BCUT2D eigenvalue weighted by molar-refractivity contribution is -0.191. The van der Waals surface area contributed by atoms with Crippen molar-refractivity contribution in [3.8, 4) is 5.75 Å². The van der Waals surface area contributed by atoms with Gasteiger partial charge in [0.2, 0.25) is 0 Å². The molecule has 4 heteroatoms. The lowest BCUT2D eigenvalue weighted by Crippen LogP contribution is -2.17. The van der Waals surface area contributed by atoms with E-state index >= 15 is 0 Å². The zero-order chi connectivity index (χ0) is 20.4. The molecule has 1 unspecified atom stereocenters. The second kappa shape index (κ2) is 11.2. The summed E-state index contributed by atoms with van der Waals surface area (Å²) in [6, 6.07) is 16.9. The molecule has 3 rings (SSSR count). The Labute approximate surface area is 166 Å². The molecule has 0 fully saturated rings. The highest BCUT2D eigenvalue weighted by Crippen LogP contribution is 2.36. The average Bonchev–Trinajstić information content (AvgIpc) is 2.73. The van der Waals surface area contributed by atoms with Crippen molar-refractivity contribution >= 4 is 11.7 Å². The fourth-order valence-electron chi connectivity index (χ4n) is 3.63. The second-order valence-electron chi connectivity index (χ2n) is 7.06. The molecule has 148 valence electrons. The number of hydrogen-bond donors (Lipinski definition) is 1. The Kier molecular flexibility index (Phi) is 8.67. The van der Waals surface area contributed by atoms with E-state index in [1.54, 1.807) is 0 Å². The largest absolute Gasteiger partial charge is 0.489 e. The molecule has 1 N–H and O–H groups in total. The van der Waals surface area contributed by atoms with Gasteiger partial charge >= 0.3 is 6.15 Å². The van der Waals surface area contributed by atoms with Crippen LogP contribution in [-0.4, -0.2) is 24.5 Å². The van der Waals surface area contributed by atoms with Crippen molar-refractivity contribution in [2.45, 2.75) is 39.5 Å². The molecule has 0 amide bonds. The third kappa shape index (κ3) is 5.91. The Morgan fingerprint density at radius 1 is 1.11 bits per heavy atom. The van der Waals surface area contributed by atoms with Crippen LogP contribution in [0.25, 0.3) is 5.57 Å². The maximum absolute atomic E-state index is 9.60. The maximum atomic E-state index is 9.60. The van der Waals surface area contributed by atoms with E-state index in [0.717, 1.165) is 31.4 Å². The summed E-state index contributed by atoms with van der Waals surface area (Å²) in [5, 5.41) is 9.60. The molecular weight excluding hydrogens is 352 g/mol. The molecule has 28 heavy (non-hydrogen) atoms. The molecule has 2 aromatic rings. The number of carbonyl (C=O) groups excluding carboxylic acids is 2. The Bertz CT molecular complexity index is 815. The molecule has 0 saturated carbocycles. The Balaban J connectivity index is 0.000000878. The Morgan fingerprint density at radius 2 is 1.79 bits per heavy atom. The van der Waals surface area contributed by atoms with Gasteiger partial charge in [-0.05, 0) is 78.5 Å². The van der Waals surface area contributed by atoms with E-state index in [-0.39, 0.29) is 12.8 Å². The number of allylic oxidation sites excluding steroid dienone is 1. The third-order valence-corrected chi connectivity index (χ3v) is 5.24. The minimum absolute atomic E-state index is 0.250. The molecule has 1 atom stereocenters. The van der Waals surface area contributed by atoms with Crippen LogP contribution in [0.15, 0.2) is 54.1 Å². The lowest BCUT2D eigenvalue weighted by atomic mass is 9.81. The summed E-state index contributed by atoms with van der Waals surface area (Å²) in [5.74, 6) is 1.27. The van der Waals surface area contributed by atoms with Crippen LogP contribution in [0.1, 0.15) is 42.9 Å². The third-order valence-electron chi connectivity index (χ3n) is 5.24. The number of aryl methyl sites for hydroxylation is 2. The normalized spacial score (nSPS) is 16.0. The van der Waals surface area contributed by atoms with Gasteiger partial charge in [0.25, 0.3) is 0 Å². The lowest BCUT2D eigenvalue weighted by Gasteiger charge is -2.27. The summed E-state index contributed by atoms with van der Waals surface area (Å²) in [6.07, 6.45) is 4.28. The van der Waals surface area contributed by atoms with Crippen molar-refractivity contribution in [3.05, 3.63) is 70.8 Å². The summed E-state index contributed by atoms with van der Waals surface area (Å²) in [7, 11) is 0. The van der Waals surface area contributed by atoms with E-state index in [0.29, 0.717) is 12.5 Å². The van der Waals surface area contributed by atoms with Gasteiger partial charge in [0, 0.05) is 6.61 Å². The molecule has 2 aromatic carbocycles. The zero-order valence-electron chi connectivity index (χ0n) is 16.6. The predicted octanol–water partition coefficient (Wildman–Crippen LogP) is 4.60. The van der Waals surface area contributed by atoms with E-state index in [1.807, 2.05) is 0 Å². The Hall–Kier alpha value is -2.68. The van der Waals surface area contributed by atoms with Gasteiger partial charge in [-0.2, -0.15) is 9.59 Å². The molecule has 0 aliphatic heterocycles. The number of benzene rings is 2. The minimum atomic E-state index is 0.250. The summed E-state index contributed by atoms with van der Waals surface area (Å²) in [5.41, 5.74) is 6.71. The van der Waals surface area contributed by atoms with E-state index in [1.165, 1.54) is 27.8 Å². The summed E-state index contributed by atoms with van der Waals surface area (Å²) >= 11 is 0. The number of ether oxygens (including phenoxy) is 1. The van der Waals surface area contributed by atoms with Gasteiger partial charge in [-0.3, -0.25) is 0 Å². The highest BCUT2D eigenvalue weighted by molar-refractivity contribution is 5.72. The molecular formula is C24H28O4. The molecule has 0 saturated heterocycles. The van der Waals surface area contributed by atoms with Gasteiger partial charge in [-0.25, -0.2) is 0 Å². The van der Waals surface area contributed by atoms with E-state index in [9.17, 15) is 5.11 Å². The van der Waals surface area contributed by atoms with Crippen molar-refractivity contribution in [2.24, 2.45) is 5.92 Å². The van der Waals surface area contributed by atoms with E-state index < -0.39 is 0 Å². The standard InChI is InChI=1S/C23H28O2.CO2/c1-3-18-8-11-21(12-9-18)25-16-20-14-19(15-24)10-13-23(20)22-7-5-4-6-17(22)2;2-1-3/h4-9,11-12,19,24H,3,10,13-16H2,1-2H3;. The smallest absolute Gasteiger partial charge is 0.373 e. The van der Waals surface area contributed by atoms with Crippen molar-refractivity contribution in [1.29, 1.82) is 0 Å². The first-order valence-electron chi connectivity index (χ1n) is 9.71. The van der Waals surface area contributed by atoms with Crippen LogP contribution >= 0.6 is 0 Å². The highest BCUT2D eigenvalue weighted by atomic mass is 16.5.